The van der Waals surface area contributed by atoms with Crippen molar-refractivity contribution < 1.29 is 9.90 Å². The quantitative estimate of drug-likeness (QED) is 0.467. The fourth-order valence-electron chi connectivity index (χ4n) is 6.80. The van der Waals surface area contributed by atoms with Crippen molar-refractivity contribution in [1.82, 2.24) is 15.6 Å². The Morgan fingerprint density at radius 1 is 1.00 bits per heavy atom. The number of carbonyl (C=O) groups excluding carboxylic acids is 1. The predicted molar refractivity (Wildman–Crippen MR) is 123 cm³/mol. The van der Waals surface area contributed by atoms with E-state index in [-0.39, 0.29) is 12.5 Å². The Hall–Kier alpha value is -2.18. The number of benzene rings is 1. The largest absolute Gasteiger partial charge is 0.395 e. The van der Waals surface area contributed by atoms with Crippen LogP contribution in [0.5, 0.6) is 0 Å². The molecule has 4 aliphatic carbocycles. The van der Waals surface area contributed by atoms with E-state index < -0.39 is 0 Å². The number of fused-ring (bicyclic) bond motifs is 1. The molecule has 6 heteroatoms. The van der Waals surface area contributed by atoms with Gasteiger partial charge in [-0.3, -0.25) is 4.79 Å². The summed E-state index contributed by atoms with van der Waals surface area (Å²) in [7, 11) is 0. The molecule has 1 heterocycles. The van der Waals surface area contributed by atoms with Crippen molar-refractivity contribution in [2.24, 2.45) is 23.2 Å². The normalized spacial score (nSPS) is 28.7. The van der Waals surface area contributed by atoms with Crippen LogP contribution in [0.2, 0.25) is 0 Å². The molecule has 4 fully saturated rings. The van der Waals surface area contributed by atoms with Crippen LogP contribution in [-0.4, -0.2) is 48.8 Å². The topological polar surface area (TPSA) is 86.3 Å². The molecular weight excluding hydrogens is 388 g/mol. The Balaban J connectivity index is 1.24. The molecular formula is C25H34N4O2. The molecule has 0 unspecified atom stereocenters. The SMILES string of the molecule is O=C(NCC12CC3CC(CC(C3)C1)C2)c1cccc2nc(NCCNCCO)ccc12. The maximum atomic E-state index is 13.1. The van der Waals surface area contributed by atoms with Gasteiger partial charge < -0.3 is 21.1 Å². The third-order valence-corrected chi connectivity index (χ3v) is 7.66. The van der Waals surface area contributed by atoms with Gasteiger partial charge in [-0.25, -0.2) is 4.98 Å². The summed E-state index contributed by atoms with van der Waals surface area (Å²) < 4.78 is 0. The van der Waals surface area contributed by atoms with Crippen LogP contribution in [0, 0.1) is 23.2 Å². The second kappa shape index (κ2) is 8.75. The highest BCUT2D eigenvalue weighted by Gasteiger charge is 2.50. The average Bonchev–Trinajstić information content (AvgIpc) is 2.76. The van der Waals surface area contributed by atoms with Crippen LogP contribution in [0.3, 0.4) is 0 Å². The molecule has 0 aliphatic heterocycles. The van der Waals surface area contributed by atoms with Crippen LogP contribution < -0.4 is 16.0 Å². The summed E-state index contributed by atoms with van der Waals surface area (Å²) in [5.74, 6) is 3.51. The summed E-state index contributed by atoms with van der Waals surface area (Å²) >= 11 is 0. The second-order valence-electron chi connectivity index (χ2n) is 10.1. The molecule has 0 atom stereocenters. The number of aromatic nitrogens is 1. The van der Waals surface area contributed by atoms with Gasteiger partial charge in [0, 0.05) is 37.1 Å². The highest BCUT2D eigenvalue weighted by molar-refractivity contribution is 6.06. The van der Waals surface area contributed by atoms with Gasteiger partial charge in [0.15, 0.2) is 0 Å². The molecule has 1 aromatic heterocycles. The average molecular weight is 423 g/mol. The van der Waals surface area contributed by atoms with Crippen LogP contribution in [0.25, 0.3) is 10.9 Å². The molecule has 31 heavy (non-hydrogen) atoms. The number of hydrogen-bond donors (Lipinski definition) is 4. The van der Waals surface area contributed by atoms with Gasteiger partial charge in [0.2, 0.25) is 0 Å². The molecule has 6 nitrogen and oxygen atoms in total. The van der Waals surface area contributed by atoms with Gasteiger partial charge in [-0.15, -0.1) is 0 Å². The Labute approximate surface area is 184 Å². The van der Waals surface area contributed by atoms with E-state index in [9.17, 15) is 4.79 Å². The summed E-state index contributed by atoms with van der Waals surface area (Å²) in [5.41, 5.74) is 1.88. The van der Waals surface area contributed by atoms with Crippen molar-refractivity contribution in [3.05, 3.63) is 35.9 Å². The lowest BCUT2D eigenvalue weighted by atomic mass is 9.49. The first kappa shape index (κ1) is 20.7. The van der Waals surface area contributed by atoms with Gasteiger partial charge in [-0.05, 0) is 86.0 Å². The van der Waals surface area contributed by atoms with Gasteiger partial charge in [-0.2, -0.15) is 0 Å². The molecule has 0 spiro atoms. The van der Waals surface area contributed by atoms with Crippen molar-refractivity contribution >= 4 is 22.6 Å². The summed E-state index contributed by atoms with van der Waals surface area (Å²) in [4.78, 5) is 17.8. The number of aliphatic hydroxyl groups excluding tert-OH is 1. The third kappa shape index (κ3) is 4.41. The van der Waals surface area contributed by atoms with Crippen LogP contribution in [0.1, 0.15) is 48.9 Å². The van der Waals surface area contributed by atoms with Gasteiger partial charge >= 0.3 is 0 Å². The van der Waals surface area contributed by atoms with Gasteiger partial charge in [0.1, 0.15) is 5.82 Å². The fraction of sp³-hybridized carbons (Fsp3) is 0.600. The first-order valence-corrected chi connectivity index (χ1v) is 11.9. The van der Waals surface area contributed by atoms with Crippen molar-refractivity contribution in [2.75, 3.05) is 38.1 Å². The molecule has 4 aliphatic rings. The van der Waals surface area contributed by atoms with E-state index in [0.717, 1.165) is 54.1 Å². The zero-order chi connectivity index (χ0) is 21.3. The number of aliphatic hydroxyl groups is 1. The lowest BCUT2D eigenvalue weighted by molar-refractivity contribution is -0.0503. The molecule has 4 N–H and O–H groups in total. The number of pyridine rings is 1. The minimum atomic E-state index is 0.0251. The zero-order valence-corrected chi connectivity index (χ0v) is 18.2. The van der Waals surface area contributed by atoms with Crippen molar-refractivity contribution in [2.45, 2.75) is 38.5 Å². The van der Waals surface area contributed by atoms with Crippen molar-refractivity contribution in [1.29, 1.82) is 0 Å². The van der Waals surface area contributed by atoms with Crippen molar-refractivity contribution in [3.8, 4) is 0 Å². The highest BCUT2D eigenvalue weighted by Crippen LogP contribution is 2.59. The van der Waals surface area contributed by atoms with E-state index in [1.165, 1.54) is 38.5 Å². The van der Waals surface area contributed by atoms with E-state index in [1.807, 2.05) is 30.3 Å². The van der Waals surface area contributed by atoms with E-state index in [0.29, 0.717) is 17.5 Å². The van der Waals surface area contributed by atoms with Crippen LogP contribution in [-0.2, 0) is 0 Å². The first-order valence-electron chi connectivity index (χ1n) is 11.9. The maximum absolute atomic E-state index is 13.1. The van der Waals surface area contributed by atoms with Crippen LogP contribution >= 0.6 is 0 Å². The first-order chi connectivity index (χ1) is 15.1. The molecule has 2 aromatic rings. The number of carbonyl (C=O) groups is 1. The zero-order valence-electron chi connectivity index (χ0n) is 18.2. The number of rotatable bonds is 9. The number of nitrogens with one attached hydrogen (secondary N) is 3. The van der Waals surface area contributed by atoms with Gasteiger partial charge in [0.25, 0.3) is 5.91 Å². The summed E-state index contributed by atoms with van der Waals surface area (Å²) in [6.07, 6.45) is 8.19. The van der Waals surface area contributed by atoms with E-state index >= 15 is 0 Å². The molecule has 4 saturated carbocycles. The van der Waals surface area contributed by atoms with Crippen LogP contribution in [0.4, 0.5) is 5.82 Å². The molecule has 4 bridgehead atoms. The van der Waals surface area contributed by atoms with E-state index in [2.05, 4.69) is 20.9 Å². The van der Waals surface area contributed by atoms with Crippen molar-refractivity contribution in [3.63, 3.8) is 0 Å². The number of anilines is 1. The Morgan fingerprint density at radius 2 is 1.74 bits per heavy atom. The third-order valence-electron chi connectivity index (χ3n) is 7.66. The number of hydrogen-bond acceptors (Lipinski definition) is 5. The summed E-state index contributed by atoms with van der Waals surface area (Å²) in [6, 6.07) is 9.71. The maximum Gasteiger partial charge on any atom is 0.251 e. The fourth-order valence-corrected chi connectivity index (χ4v) is 6.80. The molecule has 6 rings (SSSR count). The molecule has 0 radical (unpaired) electrons. The summed E-state index contributed by atoms with van der Waals surface area (Å²) in [6.45, 7) is 3.03. The Kier molecular flexibility index (Phi) is 5.85. The minimum absolute atomic E-state index is 0.0251. The van der Waals surface area contributed by atoms with E-state index in [4.69, 9.17) is 5.11 Å². The van der Waals surface area contributed by atoms with Gasteiger partial charge in [-0.1, -0.05) is 6.07 Å². The highest BCUT2D eigenvalue weighted by atomic mass is 16.3. The number of nitrogens with zero attached hydrogens (tertiary/aromatic N) is 1. The molecule has 0 saturated heterocycles. The Morgan fingerprint density at radius 3 is 2.45 bits per heavy atom. The molecule has 1 aromatic carbocycles. The summed E-state index contributed by atoms with van der Waals surface area (Å²) in [5, 5.41) is 19.4. The standard InChI is InChI=1S/C25H34N4O2/c30-9-8-26-6-7-27-23-5-4-20-21(2-1-3-22(20)29-23)24(31)28-16-25-13-17-10-18(14-25)12-19(11-17)15-25/h1-5,17-19,26,30H,6-16H2,(H,27,29)(H,28,31). The van der Waals surface area contributed by atoms with Crippen LogP contribution in [0.15, 0.2) is 30.3 Å². The van der Waals surface area contributed by atoms with E-state index in [1.54, 1.807) is 0 Å². The lowest BCUT2D eigenvalue weighted by Gasteiger charge is -2.56. The minimum Gasteiger partial charge on any atom is -0.395 e. The number of amides is 1. The van der Waals surface area contributed by atoms with Gasteiger partial charge in [0.05, 0.1) is 12.1 Å². The predicted octanol–water partition coefficient (Wildman–Crippen LogP) is 3.17. The lowest BCUT2D eigenvalue weighted by Crippen LogP contribution is -2.51. The molecule has 166 valence electrons. The molecule has 1 amide bonds. The Bertz CT molecular complexity index is 909. The monoisotopic (exact) mass is 422 g/mol. The smallest absolute Gasteiger partial charge is 0.251 e. The second-order valence-corrected chi connectivity index (χ2v) is 10.1.